The van der Waals surface area contributed by atoms with Gasteiger partial charge in [-0.2, -0.15) is 0 Å². The first-order valence-electron chi connectivity index (χ1n) is 11.1. The normalized spacial score (nSPS) is 11.4. The van der Waals surface area contributed by atoms with Gasteiger partial charge in [0.1, 0.15) is 16.4 Å². The zero-order valence-electron chi connectivity index (χ0n) is 18.0. The molecule has 5 nitrogen and oxygen atoms in total. The predicted molar refractivity (Wildman–Crippen MR) is 123 cm³/mol. The average molecular weight is 434 g/mol. The van der Waals surface area contributed by atoms with Crippen molar-refractivity contribution in [2.24, 2.45) is 0 Å². The smallest absolute Gasteiger partial charge is 0.265 e. The topological polar surface area (TPSA) is 75.6 Å². The number of unbranched alkanes of at least 4 members (excludes halogenated alkanes) is 9. The molecule has 2 aromatic rings. The summed E-state index contributed by atoms with van der Waals surface area (Å²) < 4.78 is 33.0. The maximum atomic E-state index is 12.4. The maximum Gasteiger partial charge on any atom is 0.265 e. The quantitative estimate of drug-likeness (QED) is 0.315. The van der Waals surface area contributed by atoms with E-state index in [9.17, 15) is 13.5 Å². The number of aromatic hydroxyl groups is 1. The van der Waals surface area contributed by atoms with Crippen LogP contribution in [0.1, 0.15) is 71.1 Å². The summed E-state index contributed by atoms with van der Waals surface area (Å²) in [4.78, 5) is -0.147. The molecular weight excluding hydrogens is 398 g/mol. The van der Waals surface area contributed by atoms with E-state index in [0.29, 0.717) is 12.3 Å². The Bertz CT molecular complexity index is 835. The number of phenolic OH excluding ortho intramolecular Hbond substituents is 1. The van der Waals surface area contributed by atoms with Crippen LogP contribution in [0.25, 0.3) is 0 Å². The molecule has 0 amide bonds. The molecule has 0 heterocycles. The molecule has 0 aliphatic carbocycles. The molecule has 0 saturated carbocycles. The minimum atomic E-state index is -3.84. The number of ether oxygens (including phenoxy) is 1. The van der Waals surface area contributed by atoms with E-state index < -0.39 is 10.0 Å². The fourth-order valence-electron chi connectivity index (χ4n) is 3.29. The summed E-state index contributed by atoms with van der Waals surface area (Å²) in [6.07, 6.45) is 12.9. The van der Waals surface area contributed by atoms with E-state index in [1.165, 1.54) is 69.9 Å². The second-order valence-electron chi connectivity index (χ2n) is 7.63. The zero-order valence-corrected chi connectivity index (χ0v) is 18.8. The largest absolute Gasteiger partial charge is 0.507 e. The first-order valence-corrected chi connectivity index (χ1v) is 12.5. The molecular formula is C24H35NO4S. The third-order valence-corrected chi connectivity index (χ3v) is 6.46. The van der Waals surface area contributed by atoms with Crippen LogP contribution in [-0.2, 0) is 10.0 Å². The van der Waals surface area contributed by atoms with Crippen molar-refractivity contribution in [1.82, 2.24) is 0 Å². The zero-order chi connectivity index (χ0) is 21.7. The summed E-state index contributed by atoms with van der Waals surface area (Å²) in [5.74, 6) is 0.442. The second kappa shape index (κ2) is 13.2. The van der Waals surface area contributed by atoms with E-state index in [1.807, 2.05) is 0 Å². The summed E-state index contributed by atoms with van der Waals surface area (Å²) in [6, 6.07) is 12.7. The van der Waals surface area contributed by atoms with Crippen LogP contribution in [0.15, 0.2) is 53.4 Å². The van der Waals surface area contributed by atoms with Gasteiger partial charge < -0.3 is 9.84 Å². The summed E-state index contributed by atoms with van der Waals surface area (Å²) >= 11 is 0. The Balaban J connectivity index is 1.64. The number of hydrogen-bond acceptors (Lipinski definition) is 4. The summed E-state index contributed by atoms with van der Waals surface area (Å²) in [7, 11) is -3.84. The molecule has 30 heavy (non-hydrogen) atoms. The van der Waals surface area contributed by atoms with Gasteiger partial charge in [-0.25, -0.2) is 8.42 Å². The van der Waals surface area contributed by atoms with E-state index in [0.717, 1.165) is 12.2 Å². The third kappa shape index (κ3) is 8.66. The fourth-order valence-corrected chi connectivity index (χ4v) is 4.45. The van der Waals surface area contributed by atoms with Gasteiger partial charge in [-0.15, -0.1) is 0 Å². The number of para-hydroxylation sites is 1. The van der Waals surface area contributed by atoms with Crippen molar-refractivity contribution in [1.29, 1.82) is 0 Å². The lowest BCUT2D eigenvalue weighted by Crippen LogP contribution is -2.13. The lowest BCUT2D eigenvalue weighted by Gasteiger charge is -2.10. The SMILES string of the molecule is CCCCCCCCCCCCOc1ccc(NS(=O)(=O)c2ccccc2O)cc1. The van der Waals surface area contributed by atoms with Crippen LogP contribution in [0, 0.1) is 0 Å². The summed E-state index contributed by atoms with van der Waals surface area (Å²) in [5, 5.41) is 9.76. The van der Waals surface area contributed by atoms with Gasteiger partial charge in [0.25, 0.3) is 10.0 Å². The standard InChI is InChI=1S/C24H35NO4S/c1-2-3-4-5-6-7-8-9-10-13-20-29-22-18-16-21(17-19-22)25-30(27,28)24-15-12-11-14-23(24)26/h11-12,14-19,25-26H,2-10,13,20H2,1H3. The molecule has 2 aromatic carbocycles. The van der Waals surface area contributed by atoms with E-state index in [4.69, 9.17) is 4.74 Å². The van der Waals surface area contributed by atoms with E-state index in [1.54, 1.807) is 36.4 Å². The van der Waals surface area contributed by atoms with E-state index >= 15 is 0 Å². The monoisotopic (exact) mass is 433 g/mol. The first-order chi connectivity index (χ1) is 14.5. The van der Waals surface area contributed by atoms with Crippen molar-refractivity contribution in [2.75, 3.05) is 11.3 Å². The molecule has 0 atom stereocenters. The Kier molecular flexibility index (Phi) is 10.6. The summed E-state index contributed by atoms with van der Waals surface area (Å²) in [5.41, 5.74) is 0.421. The molecule has 6 heteroatoms. The number of rotatable bonds is 15. The Hall–Kier alpha value is -2.21. The molecule has 0 spiro atoms. The lowest BCUT2D eigenvalue weighted by molar-refractivity contribution is 0.304. The number of nitrogens with one attached hydrogen (secondary N) is 1. The molecule has 0 fully saturated rings. The van der Waals surface area contributed by atoms with Gasteiger partial charge in [0, 0.05) is 5.69 Å². The number of benzene rings is 2. The van der Waals surface area contributed by atoms with Gasteiger partial charge in [0.05, 0.1) is 6.61 Å². The first kappa shape index (κ1) is 24.1. The Morgan fingerprint density at radius 2 is 1.37 bits per heavy atom. The predicted octanol–water partition coefficient (Wildman–Crippen LogP) is 6.49. The number of hydrogen-bond donors (Lipinski definition) is 2. The molecule has 0 radical (unpaired) electrons. The van der Waals surface area contributed by atoms with Gasteiger partial charge in [0.15, 0.2) is 0 Å². The Morgan fingerprint density at radius 1 is 0.800 bits per heavy atom. The van der Waals surface area contributed by atoms with Crippen molar-refractivity contribution in [2.45, 2.75) is 76.0 Å². The average Bonchev–Trinajstić information content (AvgIpc) is 2.73. The molecule has 0 aromatic heterocycles. The van der Waals surface area contributed by atoms with Gasteiger partial charge in [-0.1, -0.05) is 76.8 Å². The Labute approximate surface area is 181 Å². The van der Waals surface area contributed by atoms with Crippen LogP contribution in [0.3, 0.4) is 0 Å². The third-order valence-electron chi connectivity index (χ3n) is 5.03. The number of phenols is 1. The van der Waals surface area contributed by atoms with Crippen LogP contribution in [0.5, 0.6) is 11.5 Å². The van der Waals surface area contributed by atoms with Gasteiger partial charge >= 0.3 is 0 Å². The lowest BCUT2D eigenvalue weighted by atomic mass is 10.1. The van der Waals surface area contributed by atoms with Crippen molar-refractivity contribution >= 4 is 15.7 Å². The van der Waals surface area contributed by atoms with E-state index in [-0.39, 0.29) is 10.6 Å². The molecule has 0 unspecified atom stereocenters. The molecule has 166 valence electrons. The highest BCUT2D eigenvalue weighted by molar-refractivity contribution is 7.92. The molecule has 0 bridgehead atoms. The van der Waals surface area contributed by atoms with Crippen molar-refractivity contribution in [3.05, 3.63) is 48.5 Å². The molecule has 0 saturated heterocycles. The summed E-state index contributed by atoms with van der Waals surface area (Å²) in [6.45, 7) is 2.91. The highest BCUT2D eigenvalue weighted by Crippen LogP contribution is 2.25. The van der Waals surface area contributed by atoms with Crippen LogP contribution in [-0.4, -0.2) is 20.1 Å². The van der Waals surface area contributed by atoms with Crippen LogP contribution < -0.4 is 9.46 Å². The van der Waals surface area contributed by atoms with Crippen molar-refractivity contribution in [3.63, 3.8) is 0 Å². The minimum Gasteiger partial charge on any atom is -0.507 e. The number of anilines is 1. The van der Waals surface area contributed by atoms with Gasteiger partial charge in [-0.05, 0) is 42.8 Å². The maximum absolute atomic E-state index is 12.4. The van der Waals surface area contributed by atoms with Crippen molar-refractivity contribution in [3.8, 4) is 11.5 Å². The van der Waals surface area contributed by atoms with Crippen LogP contribution in [0.4, 0.5) is 5.69 Å². The fraction of sp³-hybridized carbons (Fsp3) is 0.500. The molecule has 2 rings (SSSR count). The van der Waals surface area contributed by atoms with E-state index in [2.05, 4.69) is 11.6 Å². The minimum absolute atomic E-state index is 0.147. The molecule has 2 N–H and O–H groups in total. The van der Waals surface area contributed by atoms with Crippen LogP contribution in [0.2, 0.25) is 0 Å². The van der Waals surface area contributed by atoms with Crippen molar-refractivity contribution < 1.29 is 18.3 Å². The van der Waals surface area contributed by atoms with Gasteiger partial charge in [0.2, 0.25) is 0 Å². The second-order valence-corrected chi connectivity index (χ2v) is 9.28. The highest BCUT2D eigenvalue weighted by atomic mass is 32.2. The van der Waals surface area contributed by atoms with Crippen LogP contribution >= 0.6 is 0 Å². The highest BCUT2D eigenvalue weighted by Gasteiger charge is 2.18. The number of sulfonamides is 1. The molecule has 0 aliphatic rings. The Morgan fingerprint density at radius 3 is 1.97 bits per heavy atom. The van der Waals surface area contributed by atoms with Gasteiger partial charge in [-0.3, -0.25) is 4.72 Å². The molecule has 0 aliphatic heterocycles.